The van der Waals surface area contributed by atoms with Gasteiger partial charge in [0.25, 0.3) is 0 Å². The average Bonchev–Trinajstić information content (AvgIpc) is 3.67. The lowest BCUT2D eigenvalue weighted by Crippen LogP contribution is -2.26. The Morgan fingerprint density at radius 3 is 2.78 bits per heavy atom. The molecule has 0 saturated carbocycles. The van der Waals surface area contributed by atoms with Crippen LogP contribution in [0.3, 0.4) is 0 Å². The molecule has 2 N–H and O–H groups in total. The van der Waals surface area contributed by atoms with Crippen molar-refractivity contribution >= 4 is 28.9 Å². The topological polar surface area (TPSA) is 118 Å². The third-order valence-corrected chi connectivity index (χ3v) is 6.44. The summed E-state index contributed by atoms with van der Waals surface area (Å²) in [5, 5.41) is 18.9. The van der Waals surface area contributed by atoms with Crippen molar-refractivity contribution in [1.82, 2.24) is 29.6 Å². The summed E-state index contributed by atoms with van der Waals surface area (Å²) in [4.78, 5) is 25.5. The molecule has 3 aromatic heterocycles. The molecule has 1 saturated heterocycles. The molecule has 0 radical (unpaired) electrons. The maximum absolute atomic E-state index is 10.3. The van der Waals surface area contributed by atoms with Crippen LogP contribution in [0.15, 0.2) is 60.4 Å². The third kappa shape index (κ3) is 6.72. The van der Waals surface area contributed by atoms with Crippen molar-refractivity contribution in [3.8, 4) is 22.0 Å². The van der Waals surface area contributed by atoms with Gasteiger partial charge in [0.15, 0.2) is 0 Å². The van der Waals surface area contributed by atoms with Gasteiger partial charge in [0.2, 0.25) is 11.9 Å². The Morgan fingerprint density at radius 1 is 1.25 bits per heavy atom. The molecule has 11 heteroatoms. The first-order valence-corrected chi connectivity index (χ1v) is 12.5. The minimum absolute atomic E-state index is 0.0148. The summed E-state index contributed by atoms with van der Waals surface area (Å²) < 4.78 is 7.36. The third-order valence-electron chi connectivity index (χ3n) is 5.55. The largest absolute Gasteiger partial charge is 0.395 e. The summed E-state index contributed by atoms with van der Waals surface area (Å²) in [7, 11) is 1.65. The highest BCUT2D eigenvalue weighted by atomic mass is 32.1. The van der Waals surface area contributed by atoms with Crippen molar-refractivity contribution in [2.45, 2.75) is 19.4 Å². The number of carbonyl (C=O) groups excluding carboxylic acids is 1. The predicted molar refractivity (Wildman–Crippen MR) is 139 cm³/mol. The van der Waals surface area contributed by atoms with Crippen LogP contribution in [0.1, 0.15) is 19.4 Å². The minimum Gasteiger partial charge on any atom is -0.395 e. The lowest BCUT2D eigenvalue weighted by molar-refractivity contribution is -0.127. The predicted octanol–water partition coefficient (Wildman–Crippen LogP) is 3.63. The van der Waals surface area contributed by atoms with Crippen molar-refractivity contribution in [1.29, 1.82) is 0 Å². The molecule has 1 aliphatic rings. The van der Waals surface area contributed by atoms with E-state index < -0.39 is 0 Å². The molecule has 1 atom stereocenters. The number of aliphatic hydroxyl groups excluding tert-OH is 1. The summed E-state index contributed by atoms with van der Waals surface area (Å²) in [6.45, 7) is 3.43. The van der Waals surface area contributed by atoms with E-state index in [1.165, 1.54) is 11.8 Å². The standard InChI is InChI=1S/C20H18N6OS.C5H11NO2/c1-2-4-14(5-3-1)19-24-18(13-28-19)17-6-8-21-20(25-17)23-15-10-22-26(11-15)16-7-9-27-12-16;1-5(8)6(2)3-4-7/h1-6,8,10-11,13,16H,7,9,12H2,(H,21,23,25);7H,3-4H2,1-2H3. The molecule has 10 nitrogen and oxygen atoms in total. The Morgan fingerprint density at radius 2 is 2.08 bits per heavy atom. The summed E-state index contributed by atoms with van der Waals surface area (Å²) in [5.74, 6) is 0.507. The van der Waals surface area contributed by atoms with Crippen molar-refractivity contribution in [2.24, 2.45) is 0 Å². The molecule has 0 bridgehead atoms. The zero-order valence-corrected chi connectivity index (χ0v) is 21.1. The molecule has 4 heterocycles. The number of hydrogen-bond donors (Lipinski definition) is 2. The second-order valence-corrected chi connectivity index (χ2v) is 9.04. The maximum atomic E-state index is 10.3. The molecule has 1 amide bonds. The van der Waals surface area contributed by atoms with E-state index in [4.69, 9.17) is 14.8 Å². The number of anilines is 2. The van der Waals surface area contributed by atoms with Crippen LogP contribution in [0.5, 0.6) is 0 Å². The number of hydrogen-bond acceptors (Lipinski definition) is 9. The maximum Gasteiger partial charge on any atom is 0.227 e. The van der Waals surface area contributed by atoms with Gasteiger partial charge in [-0.05, 0) is 12.5 Å². The Kier molecular flexibility index (Phi) is 8.71. The second-order valence-electron chi connectivity index (χ2n) is 8.19. The second kappa shape index (κ2) is 12.3. The van der Waals surface area contributed by atoms with Crippen LogP contribution in [-0.2, 0) is 9.53 Å². The number of amides is 1. The number of nitrogens with zero attached hydrogens (tertiary/aromatic N) is 6. The molecule has 0 aliphatic carbocycles. The Bertz CT molecular complexity index is 1260. The van der Waals surface area contributed by atoms with E-state index in [1.807, 2.05) is 40.5 Å². The number of thiazole rings is 1. The molecular weight excluding hydrogens is 478 g/mol. The van der Waals surface area contributed by atoms with E-state index in [0.29, 0.717) is 25.1 Å². The fraction of sp³-hybridized carbons (Fsp3) is 0.320. The van der Waals surface area contributed by atoms with E-state index >= 15 is 0 Å². The smallest absolute Gasteiger partial charge is 0.227 e. The molecule has 1 fully saturated rings. The van der Waals surface area contributed by atoms with Gasteiger partial charge in [-0.15, -0.1) is 11.3 Å². The number of likely N-dealkylation sites (N-methyl/N-ethyl adjacent to an activating group) is 1. The normalized spacial score (nSPS) is 14.7. The molecule has 188 valence electrons. The van der Waals surface area contributed by atoms with E-state index in [0.717, 1.165) is 40.7 Å². The monoisotopic (exact) mass is 507 g/mol. The van der Waals surface area contributed by atoms with Crippen molar-refractivity contribution in [3.63, 3.8) is 0 Å². The van der Waals surface area contributed by atoms with Crippen LogP contribution >= 0.6 is 11.3 Å². The first-order valence-electron chi connectivity index (χ1n) is 11.6. The van der Waals surface area contributed by atoms with Crippen molar-refractivity contribution in [2.75, 3.05) is 38.7 Å². The number of aromatic nitrogens is 5. The molecule has 5 rings (SSSR count). The molecule has 36 heavy (non-hydrogen) atoms. The van der Waals surface area contributed by atoms with E-state index in [1.54, 1.807) is 30.8 Å². The lowest BCUT2D eigenvalue weighted by Gasteiger charge is -2.11. The van der Waals surface area contributed by atoms with Crippen LogP contribution in [0.4, 0.5) is 11.6 Å². The molecule has 1 aromatic carbocycles. The SMILES string of the molecule is CC(=O)N(C)CCO.c1ccc(-c2nc(-c3ccnc(Nc4cnn(C5CCOC5)c4)n3)cs2)cc1. The number of carbonyl (C=O) groups is 1. The number of benzene rings is 1. The summed E-state index contributed by atoms with van der Waals surface area (Å²) >= 11 is 1.61. The lowest BCUT2D eigenvalue weighted by atomic mass is 10.2. The van der Waals surface area contributed by atoms with Crippen LogP contribution in [0.25, 0.3) is 22.0 Å². The van der Waals surface area contributed by atoms with Gasteiger partial charge < -0.3 is 20.1 Å². The van der Waals surface area contributed by atoms with Gasteiger partial charge >= 0.3 is 0 Å². The van der Waals surface area contributed by atoms with Crippen LogP contribution < -0.4 is 5.32 Å². The van der Waals surface area contributed by atoms with Gasteiger partial charge in [0, 0.05) is 50.5 Å². The fourth-order valence-corrected chi connectivity index (χ4v) is 4.26. The Balaban J connectivity index is 0.000000331. The van der Waals surface area contributed by atoms with Gasteiger partial charge in [-0.3, -0.25) is 9.48 Å². The zero-order chi connectivity index (χ0) is 25.3. The van der Waals surface area contributed by atoms with E-state index in [2.05, 4.69) is 32.5 Å². The summed E-state index contributed by atoms with van der Waals surface area (Å²) in [5.41, 5.74) is 3.59. The van der Waals surface area contributed by atoms with E-state index in [9.17, 15) is 4.79 Å². The molecule has 0 spiro atoms. The zero-order valence-electron chi connectivity index (χ0n) is 20.2. The highest BCUT2D eigenvalue weighted by Gasteiger charge is 2.18. The van der Waals surface area contributed by atoms with Gasteiger partial charge in [-0.1, -0.05) is 30.3 Å². The first-order chi connectivity index (χ1) is 17.5. The Labute approximate surface area is 213 Å². The quantitative estimate of drug-likeness (QED) is 0.389. The highest BCUT2D eigenvalue weighted by Crippen LogP contribution is 2.28. The minimum atomic E-state index is -0.0148. The van der Waals surface area contributed by atoms with Crippen molar-refractivity contribution in [3.05, 3.63) is 60.4 Å². The molecule has 1 unspecified atom stereocenters. The van der Waals surface area contributed by atoms with Crippen LogP contribution in [-0.4, -0.2) is 74.1 Å². The molecule has 1 aliphatic heterocycles. The van der Waals surface area contributed by atoms with Crippen LogP contribution in [0.2, 0.25) is 0 Å². The molecular formula is C25H29N7O3S. The number of aliphatic hydroxyl groups is 1. The summed E-state index contributed by atoms with van der Waals surface area (Å²) in [6, 6.07) is 12.3. The number of rotatable bonds is 7. The first kappa shape index (κ1) is 25.4. The van der Waals surface area contributed by atoms with Gasteiger partial charge in [-0.25, -0.2) is 15.0 Å². The Hall–Kier alpha value is -3.67. The fourth-order valence-electron chi connectivity index (χ4n) is 3.44. The number of nitrogens with one attached hydrogen (secondary N) is 1. The average molecular weight is 508 g/mol. The number of ether oxygens (including phenoxy) is 1. The van der Waals surface area contributed by atoms with Gasteiger partial charge in [-0.2, -0.15) is 5.10 Å². The van der Waals surface area contributed by atoms with Gasteiger partial charge in [0.1, 0.15) is 10.7 Å². The highest BCUT2D eigenvalue weighted by molar-refractivity contribution is 7.13. The van der Waals surface area contributed by atoms with Gasteiger partial charge in [0.05, 0.1) is 36.8 Å². The summed E-state index contributed by atoms with van der Waals surface area (Å²) in [6.07, 6.45) is 6.47. The molecule has 4 aromatic rings. The van der Waals surface area contributed by atoms with Crippen molar-refractivity contribution < 1.29 is 14.6 Å². The van der Waals surface area contributed by atoms with Crippen LogP contribution in [0, 0.1) is 0 Å². The van der Waals surface area contributed by atoms with E-state index in [-0.39, 0.29) is 12.5 Å².